The Kier molecular flexibility index (Phi) is 5.26. The number of pyridine rings is 1. The molecule has 0 atom stereocenters. The summed E-state index contributed by atoms with van der Waals surface area (Å²) in [5.41, 5.74) is 0.621. The Hall–Kier alpha value is -3.26. The van der Waals surface area contributed by atoms with Crippen molar-refractivity contribution < 1.29 is 19.2 Å². The number of hydrogen-bond acceptors (Lipinski definition) is 7. The first-order chi connectivity index (χ1) is 14.1. The second kappa shape index (κ2) is 8.00. The van der Waals surface area contributed by atoms with E-state index >= 15 is 0 Å². The fourth-order valence-electron chi connectivity index (χ4n) is 3.60. The molecule has 3 heterocycles. The summed E-state index contributed by atoms with van der Waals surface area (Å²) in [4.78, 5) is 22.8. The van der Waals surface area contributed by atoms with Crippen LogP contribution in [0.5, 0.6) is 5.75 Å². The topological polar surface area (TPSA) is 102 Å². The highest BCUT2D eigenvalue weighted by Gasteiger charge is 2.42. The van der Waals surface area contributed by atoms with Crippen LogP contribution in [0.3, 0.4) is 0 Å². The quantitative estimate of drug-likeness (QED) is 0.709. The van der Waals surface area contributed by atoms with Gasteiger partial charge in [0, 0.05) is 45.7 Å². The van der Waals surface area contributed by atoms with Crippen LogP contribution in [0.15, 0.2) is 53.3 Å². The predicted molar refractivity (Wildman–Crippen MR) is 103 cm³/mol. The lowest BCUT2D eigenvalue weighted by atomic mass is 9.90. The number of rotatable bonds is 5. The van der Waals surface area contributed by atoms with Crippen LogP contribution >= 0.6 is 0 Å². The van der Waals surface area contributed by atoms with Gasteiger partial charge in [-0.2, -0.15) is 4.98 Å². The van der Waals surface area contributed by atoms with Crippen LogP contribution in [0.4, 0.5) is 0 Å². The average Bonchev–Trinajstić information content (AvgIpc) is 3.23. The molecule has 1 amide bonds. The minimum Gasteiger partial charge on any atom is -0.505 e. The molecular formula is C21H22N4O4. The van der Waals surface area contributed by atoms with Gasteiger partial charge < -0.3 is 19.3 Å². The van der Waals surface area contributed by atoms with Gasteiger partial charge in [-0.3, -0.25) is 9.78 Å². The van der Waals surface area contributed by atoms with Gasteiger partial charge in [-0.25, -0.2) is 0 Å². The molecule has 29 heavy (non-hydrogen) atoms. The van der Waals surface area contributed by atoms with Crippen molar-refractivity contribution >= 4 is 5.91 Å². The molecule has 0 bridgehead atoms. The van der Waals surface area contributed by atoms with Crippen LogP contribution < -0.4 is 0 Å². The van der Waals surface area contributed by atoms with E-state index in [1.54, 1.807) is 12.0 Å². The Morgan fingerprint density at radius 1 is 1.24 bits per heavy atom. The second-order valence-corrected chi connectivity index (χ2v) is 7.06. The average molecular weight is 394 g/mol. The molecule has 150 valence electrons. The number of carbonyl (C=O) groups excluding carboxylic acids is 1. The minimum absolute atomic E-state index is 0.122. The lowest BCUT2D eigenvalue weighted by Crippen LogP contribution is -2.46. The van der Waals surface area contributed by atoms with Gasteiger partial charge in [0.05, 0.1) is 11.8 Å². The Bertz CT molecular complexity index is 981. The number of likely N-dealkylation sites (tertiary alicyclic amines) is 1. The first-order valence-corrected chi connectivity index (χ1v) is 9.46. The summed E-state index contributed by atoms with van der Waals surface area (Å²) in [5, 5.41) is 14.0. The predicted octanol–water partition coefficient (Wildman–Crippen LogP) is 2.54. The zero-order valence-electron chi connectivity index (χ0n) is 16.1. The maximum Gasteiger partial charge on any atom is 0.259 e. The van der Waals surface area contributed by atoms with Gasteiger partial charge >= 0.3 is 0 Å². The van der Waals surface area contributed by atoms with Gasteiger partial charge in [0.2, 0.25) is 0 Å². The van der Waals surface area contributed by atoms with Crippen molar-refractivity contribution in [3.63, 3.8) is 0 Å². The lowest BCUT2D eigenvalue weighted by molar-refractivity contribution is -0.0779. The Morgan fingerprint density at radius 2 is 2.00 bits per heavy atom. The first kappa shape index (κ1) is 19.1. The molecule has 1 aliphatic rings. The minimum atomic E-state index is -0.723. The summed E-state index contributed by atoms with van der Waals surface area (Å²) in [7, 11) is 1.62. The maximum atomic E-state index is 12.7. The molecule has 0 radical (unpaired) electrons. The summed E-state index contributed by atoms with van der Waals surface area (Å²) in [5.74, 6) is 0.682. The Balaban J connectivity index is 1.46. The lowest BCUT2D eigenvalue weighted by Gasteiger charge is -2.38. The number of aromatic nitrogens is 3. The summed E-state index contributed by atoms with van der Waals surface area (Å²) in [6.45, 7) is 0.898. The molecule has 0 spiro atoms. The third-order valence-electron chi connectivity index (χ3n) is 5.34. The molecule has 1 aromatic carbocycles. The van der Waals surface area contributed by atoms with E-state index in [1.807, 2.05) is 30.3 Å². The second-order valence-electron chi connectivity index (χ2n) is 7.06. The van der Waals surface area contributed by atoms with Crippen LogP contribution in [-0.2, 0) is 16.8 Å². The van der Waals surface area contributed by atoms with E-state index in [1.165, 1.54) is 18.5 Å². The molecular weight excluding hydrogens is 372 g/mol. The van der Waals surface area contributed by atoms with E-state index in [-0.39, 0.29) is 17.2 Å². The SMILES string of the molecule is COC1(c2nc(Cc3ccccc3)no2)CCN(C(=O)c2ccncc2O)CC1. The number of piperidine rings is 1. The number of carbonyl (C=O) groups is 1. The molecule has 1 saturated heterocycles. The summed E-state index contributed by atoms with van der Waals surface area (Å²) < 4.78 is 11.3. The Labute approximate surface area is 168 Å². The molecule has 1 fully saturated rings. The fourth-order valence-corrected chi connectivity index (χ4v) is 3.60. The highest BCUT2D eigenvalue weighted by Crippen LogP contribution is 2.36. The first-order valence-electron chi connectivity index (χ1n) is 9.46. The van der Waals surface area contributed by atoms with Crippen molar-refractivity contribution in [2.45, 2.75) is 24.9 Å². The van der Waals surface area contributed by atoms with Crippen LogP contribution in [0.25, 0.3) is 0 Å². The van der Waals surface area contributed by atoms with Crippen molar-refractivity contribution in [3.05, 3.63) is 71.6 Å². The summed E-state index contributed by atoms with van der Waals surface area (Å²) >= 11 is 0. The van der Waals surface area contributed by atoms with Crippen molar-refractivity contribution in [1.29, 1.82) is 0 Å². The molecule has 4 rings (SSSR count). The van der Waals surface area contributed by atoms with Gasteiger partial charge in [-0.05, 0) is 11.6 Å². The molecule has 0 unspecified atom stereocenters. The van der Waals surface area contributed by atoms with Crippen LogP contribution in [0.1, 0.15) is 40.5 Å². The smallest absolute Gasteiger partial charge is 0.259 e. The summed E-state index contributed by atoms with van der Waals surface area (Å²) in [6.07, 6.45) is 4.38. The van der Waals surface area contributed by atoms with Crippen LogP contribution in [0, 0.1) is 0 Å². The number of amides is 1. The molecule has 3 aromatic rings. The van der Waals surface area contributed by atoms with Gasteiger partial charge in [0.25, 0.3) is 11.8 Å². The molecule has 8 heteroatoms. The van der Waals surface area contributed by atoms with E-state index in [4.69, 9.17) is 9.26 Å². The van der Waals surface area contributed by atoms with E-state index in [0.29, 0.717) is 44.1 Å². The molecule has 1 aliphatic heterocycles. The normalized spacial score (nSPS) is 16.0. The number of ether oxygens (including phenoxy) is 1. The fraction of sp³-hybridized carbons (Fsp3) is 0.333. The van der Waals surface area contributed by atoms with Gasteiger partial charge in [0.15, 0.2) is 5.82 Å². The van der Waals surface area contributed by atoms with Crippen LogP contribution in [-0.4, -0.2) is 51.2 Å². The van der Waals surface area contributed by atoms with E-state index in [9.17, 15) is 9.90 Å². The Morgan fingerprint density at radius 3 is 2.69 bits per heavy atom. The third-order valence-corrected chi connectivity index (χ3v) is 5.34. The highest BCUT2D eigenvalue weighted by atomic mass is 16.5. The number of nitrogens with zero attached hydrogens (tertiary/aromatic N) is 4. The van der Waals surface area contributed by atoms with E-state index in [2.05, 4.69) is 15.1 Å². The van der Waals surface area contributed by atoms with E-state index in [0.717, 1.165) is 5.56 Å². The number of hydrogen-bond donors (Lipinski definition) is 1. The standard InChI is InChI=1S/C21H22N4O4/c1-28-21(20-23-18(24-29-20)13-15-5-3-2-4-6-15)8-11-25(12-9-21)19(27)16-7-10-22-14-17(16)26/h2-7,10,14,26H,8-9,11-13H2,1H3. The van der Waals surface area contributed by atoms with Crippen molar-refractivity contribution in [3.8, 4) is 5.75 Å². The molecule has 0 saturated carbocycles. The summed E-state index contributed by atoms with van der Waals surface area (Å²) in [6, 6.07) is 11.5. The molecule has 1 N–H and O–H groups in total. The van der Waals surface area contributed by atoms with Gasteiger partial charge in [-0.15, -0.1) is 0 Å². The number of benzene rings is 1. The molecule has 2 aromatic heterocycles. The molecule has 0 aliphatic carbocycles. The number of methoxy groups -OCH3 is 1. The maximum absolute atomic E-state index is 12.7. The third kappa shape index (κ3) is 3.84. The van der Waals surface area contributed by atoms with Gasteiger partial charge in [-0.1, -0.05) is 35.5 Å². The highest BCUT2D eigenvalue weighted by molar-refractivity contribution is 5.96. The van der Waals surface area contributed by atoms with E-state index < -0.39 is 5.60 Å². The molecule has 8 nitrogen and oxygen atoms in total. The van der Waals surface area contributed by atoms with Crippen LogP contribution in [0.2, 0.25) is 0 Å². The van der Waals surface area contributed by atoms with Crippen molar-refractivity contribution in [2.75, 3.05) is 20.2 Å². The van der Waals surface area contributed by atoms with Crippen molar-refractivity contribution in [2.24, 2.45) is 0 Å². The van der Waals surface area contributed by atoms with Gasteiger partial charge in [0.1, 0.15) is 11.4 Å². The largest absolute Gasteiger partial charge is 0.505 e. The number of aromatic hydroxyl groups is 1. The van der Waals surface area contributed by atoms with Crippen molar-refractivity contribution in [1.82, 2.24) is 20.0 Å². The zero-order chi connectivity index (χ0) is 20.3. The monoisotopic (exact) mass is 394 g/mol. The zero-order valence-corrected chi connectivity index (χ0v) is 16.1.